The minimum Gasteiger partial charge on any atom is -0.497 e. The van der Waals surface area contributed by atoms with E-state index in [0.29, 0.717) is 24.6 Å². The summed E-state index contributed by atoms with van der Waals surface area (Å²) < 4.78 is 10.8. The summed E-state index contributed by atoms with van der Waals surface area (Å²) in [5.74, 6) is 7.43. The molecule has 1 fully saturated rings. The molecule has 35 heavy (non-hydrogen) atoms. The SMILES string of the molecule is COc1ccc(C#Cc2cc3[nH]c(-c4cccc(C(=O)NO)c4)nc3cc2N2CCOCC2)cc1. The van der Waals surface area contributed by atoms with Crippen LogP contribution in [0, 0.1) is 11.8 Å². The molecule has 1 aliphatic heterocycles. The molecule has 1 aliphatic rings. The summed E-state index contributed by atoms with van der Waals surface area (Å²) in [6.45, 7) is 2.88. The van der Waals surface area contributed by atoms with Gasteiger partial charge in [0.1, 0.15) is 11.6 Å². The van der Waals surface area contributed by atoms with Gasteiger partial charge in [0, 0.05) is 29.8 Å². The number of carbonyl (C=O) groups is 1. The molecule has 0 saturated carbocycles. The molecule has 0 radical (unpaired) electrons. The molecule has 5 rings (SSSR count). The maximum Gasteiger partial charge on any atom is 0.274 e. The zero-order chi connectivity index (χ0) is 24.2. The minimum atomic E-state index is -0.575. The van der Waals surface area contributed by atoms with Crippen LogP contribution in [-0.4, -0.2) is 54.5 Å². The van der Waals surface area contributed by atoms with Gasteiger partial charge in [-0.1, -0.05) is 24.0 Å². The number of ether oxygens (including phenoxy) is 2. The molecule has 176 valence electrons. The van der Waals surface area contributed by atoms with Gasteiger partial charge in [-0.25, -0.2) is 10.5 Å². The molecule has 2 heterocycles. The van der Waals surface area contributed by atoms with Gasteiger partial charge in [0.2, 0.25) is 0 Å². The second-order valence-corrected chi connectivity index (χ2v) is 8.07. The number of aromatic amines is 1. The highest BCUT2D eigenvalue weighted by Crippen LogP contribution is 2.29. The molecule has 0 bridgehead atoms. The molecule has 8 heteroatoms. The maximum atomic E-state index is 11.8. The van der Waals surface area contributed by atoms with Crippen molar-refractivity contribution >= 4 is 22.6 Å². The third-order valence-electron chi connectivity index (χ3n) is 5.88. The highest BCUT2D eigenvalue weighted by molar-refractivity contribution is 5.94. The van der Waals surface area contributed by atoms with Crippen LogP contribution in [-0.2, 0) is 4.74 Å². The lowest BCUT2D eigenvalue weighted by Crippen LogP contribution is -2.36. The van der Waals surface area contributed by atoms with Crippen molar-refractivity contribution < 1.29 is 19.5 Å². The summed E-state index contributed by atoms with van der Waals surface area (Å²) in [7, 11) is 1.64. The van der Waals surface area contributed by atoms with E-state index in [1.807, 2.05) is 42.5 Å². The Balaban J connectivity index is 1.56. The summed E-state index contributed by atoms with van der Waals surface area (Å²) in [5, 5.41) is 8.95. The monoisotopic (exact) mass is 468 g/mol. The molecular weight excluding hydrogens is 444 g/mol. The van der Waals surface area contributed by atoms with Crippen molar-refractivity contribution in [3.63, 3.8) is 0 Å². The van der Waals surface area contributed by atoms with E-state index in [-0.39, 0.29) is 0 Å². The topological polar surface area (TPSA) is 99.7 Å². The van der Waals surface area contributed by atoms with Crippen molar-refractivity contribution in [2.45, 2.75) is 0 Å². The number of hydrogen-bond donors (Lipinski definition) is 3. The third kappa shape index (κ3) is 4.82. The molecule has 1 aromatic heterocycles. The van der Waals surface area contributed by atoms with E-state index in [1.165, 1.54) is 0 Å². The number of carbonyl (C=O) groups excluding carboxylic acids is 1. The van der Waals surface area contributed by atoms with Gasteiger partial charge in [-0.05, 0) is 48.5 Å². The first-order valence-electron chi connectivity index (χ1n) is 11.2. The lowest BCUT2D eigenvalue weighted by Gasteiger charge is -2.29. The average molecular weight is 469 g/mol. The molecule has 0 atom stereocenters. The van der Waals surface area contributed by atoms with E-state index in [1.54, 1.807) is 30.8 Å². The zero-order valence-electron chi connectivity index (χ0n) is 19.2. The Kier molecular flexibility index (Phi) is 6.35. The number of nitrogens with zero attached hydrogens (tertiary/aromatic N) is 2. The van der Waals surface area contributed by atoms with Crippen molar-refractivity contribution in [1.82, 2.24) is 15.4 Å². The number of hydrogen-bond acceptors (Lipinski definition) is 6. The van der Waals surface area contributed by atoms with Crippen LogP contribution in [0.3, 0.4) is 0 Å². The summed E-state index contributed by atoms with van der Waals surface area (Å²) in [6, 6.07) is 18.6. The van der Waals surface area contributed by atoms with Crippen LogP contribution >= 0.6 is 0 Å². The van der Waals surface area contributed by atoms with Gasteiger partial charge in [0.05, 0.1) is 42.6 Å². The van der Waals surface area contributed by atoms with Gasteiger partial charge in [-0.2, -0.15) is 0 Å². The van der Waals surface area contributed by atoms with E-state index in [4.69, 9.17) is 19.7 Å². The van der Waals surface area contributed by atoms with Crippen LogP contribution in [0.15, 0.2) is 60.7 Å². The number of hydroxylamine groups is 1. The number of rotatable bonds is 4. The van der Waals surface area contributed by atoms with E-state index >= 15 is 0 Å². The van der Waals surface area contributed by atoms with Crippen molar-refractivity contribution in [3.05, 3.63) is 77.4 Å². The fourth-order valence-electron chi connectivity index (χ4n) is 4.03. The fraction of sp³-hybridized carbons (Fsp3) is 0.185. The first-order valence-corrected chi connectivity index (χ1v) is 11.2. The highest BCUT2D eigenvalue weighted by atomic mass is 16.5. The molecule has 0 aliphatic carbocycles. The largest absolute Gasteiger partial charge is 0.497 e. The number of morpholine rings is 1. The minimum absolute atomic E-state index is 0.338. The van der Waals surface area contributed by atoms with Crippen LogP contribution in [0.1, 0.15) is 21.5 Å². The predicted octanol–water partition coefficient (Wildman–Crippen LogP) is 3.59. The normalized spacial score (nSPS) is 13.3. The summed E-state index contributed by atoms with van der Waals surface area (Å²) in [4.78, 5) is 22.2. The smallest absolute Gasteiger partial charge is 0.274 e. The molecule has 0 spiro atoms. The van der Waals surface area contributed by atoms with Crippen molar-refractivity contribution in [1.29, 1.82) is 0 Å². The number of fused-ring (bicyclic) bond motifs is 1. The Bertz CT molecular complexity index is 1430. The maximum absolute atomic E-state index is 11.8. The second kappa shape index (κ2) is 9.89. The van der Waals surface area contributed by atoms with Crippen LogP contribution < -0.4 is 15.1 Å². The van der Waals surface area contributed by atoms with Crippen LogP contribution in [0.25, 0.3) is 22.4 Å². The second-order valence-electron chi connectivity index (χ2n) is 8.07. The summed E-state index contributed by atoms with van der Waals surface area (Å²) in [6.07, 6.45) is 0. The number of benzene rings is 3. The predicted molar refractivity (Wildman–Crippen MR) is 133 cm³/mol. The molecule has 3 N–H and O–H groups in total. The zero-order valence-corrected chi connectivity index (χ0v) is 19.2. The lowest BCUT2D eigenvalue weighted by molar-refractivity contribution is 0.0706. The number of anilines is 1. The Morgan fingerprint density at radius 1 is 1.11 bits per heavy atom. The lowest BCUT2D eigenvalue weighted by atomic mass is 10.1. The van der Waals surface area contributed by atoms with Crippen molar-refractivity contribution in [3.8, 4) is 29.0 Å². The Hall–Kier alpha value is -4.32. The number of imidazole rings is 1. The average Bonchev–Trinajstić information content (AvgIpc) is 3.35. The first-order chi connectivity index (χ1) is 17.1. The van der Waals surface area contributed by atoms with Crippen LogP contribution in [0.4, 0.5) is 5.69 Å². The highest BCUT2D eigenvalue weighted by Gasteiger charge is 2.17. The molecule has 1 saturated heterocycles. The Labute approximate surface area is 202 Å². The van der Waals surface area contributed by atoms with Gasteiger partial charge in [-0.15, -0.1) is 0 Å². The van der Waals surface area contributed by atoms with E-state index < -0.39 is 5.91 Å². The van der Waals surface area contributed by atoms with Gasteiger partial charge >= 0.3 is 0 Å². The summed E-state index contributed by atoms with van der Waals surface area (Å²) >= 11 is 0. The van der Waals surface area contributed by atoms with Crippen molar-refractivity contribution in [2.24, 2.45) is 0 Å². The standard InChI is InChI=1S/C27H24N4O4/c1-34-22-9-6-18(7-10-22)5-8-19-16-23-24(17-25(19)31-11-13-35-14-12-31)29-26(28-23)20-3-2-4-21(15-20)27(32)30-33/h2-4,6-7,9-10,15-17,33H,11-14H2,1H3,(H,28,29)(H,30,32). The quantitative estimate of drug-likeness (QED) is 0.241. The van der Waals surface area contributed by atoms with Crippen molar-refractivity contribution in [2.75, 3.05) is 38.3 Å². The number of H-pyrrole nitrogens is 1. The first kappa shape index (κ1) is 22.5. The summed E-state index contributed by atoms with van der Waals surface area (Å²) in [5.41, 5.74) is 7.17. The number of aromatic nitrogens is 2. The van der Waals surface area contributed by atoms with Gasteiger partial charge in [0.15, 0.2) is 0 Å². The number of amides is 1. The number of nitrogens with one attached hydrogen (secondary N) is 2. The molecule has 4 aromatic rings. The number of methoxy groups -OCH3 is 1. The Morgan fingerprint density at radius 2 is 1.91 bits per heavy atom. The van der Waals surface area contributed by atoms with Crippen LogP contribution in [0.2, 0.25) is 0 Å². The van der Waals surface area contributed by atoms with Gasteiger partial charge < -0.3 is 19.4 Å². The van der Waals surface area contributed by atoms with Crippen LogP contribution in [0.5, 0.6) is 5.75 Å². The van der Waals surface area contributed by atoms with E-state index in [0.717, 1.165) is 52.3 Å². The Morgan fingerprint density at radius 3 is 2.66 bits per heavy atom. The molecule has 0 unspecified atom stereocenters. The molecule has 8 nitrogen and oxygen atoms in total. The van der Waals surface area contributed by atoms with E-state index in [2.05, 4.69) is 21.7 Å². The van der Waals surface area contributed by atoms with Gasteiger partial charge in [0.25, 0.3) is 5.91 Å². The third-order valence-corrected chi connectivity index (χ3v) is 5.88. The fourth-order valence-corrected chi connectivity index (χ4v) is 4.03. The van der Waals surface area contributed by atoms with E-state index in [9.17, 15) is 4.79 Å². The van der Waals surface area contributed by atoms with Gasteiger partial charge in [-0.3, -0.25) is 10.0 Å². The molecule has 3 aromatic carbocycles. The molecule has 1 amide bonds. The molecular formula is C27H24N4O4.